The highest BCUT2D eigenvalue weighted by Crippen LogP contribution is 2.22. The number of nitrogens with one attached hydrogen (secondary N) is 1. The number of carboxylic acids is 1. The molecule has 0 radical (unpaired) electrons. The van der Waals surface area contributed by atoms with Crippen molar-refractivity contribution in [3.05, 3.63) is 0 Å². The Morgan fingerprint density at radius 2 is 2.33 bits per heavy atom. The van der Waals surface area contributed by atoms with E-state index in [1.807, 2.05) is 0 Å². The summed E-state index contributed by atoms with van der Waals surface area (Å²) in [4.78, 5) is 13.1. The molecule has 2 rings (SSSR count). The van der Waals surface area contributed by atoms with E-state index in [1.54, 1.807) is 0 Å². The van der Waals surface area contributed by atoms with Crippen LogP contribution in [-0.2, 0) is 4.79 Å². The molecule has 4 heteroatoms. The Morgan fingerprint density at radius 3 is 3.08 bits per heavy atom. The number of hydrogen-bond donors (Lipinski definition) is 2. The molecule has 0 unspecified atom stereocenters. The molecular weight excluding hydrogens is 156 g/mol. The first kappa shape index (κ1) is 8.01. The molecule has 0 aliphatic carbocycles. The zero-order valence-corrected chi connectivity index (χ0v) is 6.99. The molecule has 2 aliphatic heterocycles. The van der Waals surface area contributed by atoms with Crippen molar-refractivity contribution in [2.24, 2.45) is 0 Å². The minimum absolute atomic E-state index is 0.247. The fourth-order valence-corrected chi connectivity index (χ4v) is 2.26. The third-order valence-electron chi connectivity index (χ3n) is 2.83. The van der Waals surface area contributed by atoms with Crippen LogP contribution in [0, 0.1) is 0 Å². The molecule has 0 bridgehead atoms. The molecule has 0 saturated carbocycles. The number of piperazine rings is 1. The summed E-state index contributed by atoms with van der Waals surface area (Å²) in [5.74, 6) is -0.702. The van der Waals surface area contributed by atoms with Crippen LogP contribution >= 0.6 is 0 Å². The SMILES string of the molecule is O=C(O)[C@@H]1NCCN2CCC[C@@H]12. The van der Waals surface area contributed by atoms with Crippen molar-refractivity contribution in [3.8, 4) is 0 Å². The van der Waals surface area contributed by atoms with Crippen molar-refractivity contribution in [3.63, 3.8) is 0 Å². The lowest BCUT2D eigenvalue weighted by Gasteiger charge is -2.34. The first-order valence-corrected chi connectivity index (χ1v) is 4.49. The number of fused-ring (bicyclic) bond motifs is 1. The lowest BCUT2D eigenvalue weighted by molar-refractivity contribution is -0.142. The van der Waals surface area contributed by atoms with E-state index in [2.05, 4.69) is 10.2 Å². The number of hydrogen-bond acceptors (Lipinski definition) is 3. The van der Waals surface area contributed by atoms with Gasteiger partial charge < -0.3 is 10.4 Å². The standard InChI is InChI=1S/C8H14N2O2/c11-8(12)7-6-2-1-4-10(6)5-3-9-7/h6-7,9H,1-5H2,(H,11,12)/t6-,7+/m0/s1. The van der Waals surface area contributed by atoms with Crippen LogP contribution in [0.3, 0.4) is 0 Å². The Kier molecular flexibility index (Phi) is 2.02. The van der Waals surface area contributed by atoms with Gasteiger partial charge in [0.2, 0.25) is 0 Å². The molecule has 0 aromatic rings. The lowest BCUT2D eigenvalue weighted by atomic mass is 10.0. The molecule has 68 valence electrons. The monoisotopic (exact) mass is 170 g/mol. The molecule has 0 aromatic carbocycles. The van der Waals surface area contributed by atoms with E-state index >= 15 is 0 Å². The summed E-state index contributed by atoms with van der Waals surface area (Å²) in [6, 6.07) is -0.0856. The zero-order chi connectivity index (χ0) is 8.55. The molecule has 4 nitrogen and oxygen atoms in total. The van der Waals surface area contributed by atoms with Gasteiger partial charge >= 0.3 is 5.97 Å². The first-order valence-electron chi connectivity index (χ1n) is 4.49. The van der Waals surface area contributed by atoms with Gasteiger partial charge in [-0.25, -0.2) is 0 Å². The Morgan fingerprint density at radius 1 is 1.50 bits per heavy atom. The predicted octanol–water partition coefficient (Wildman–Crippen LogP) is -0.493. The van der Waals surface area contributed by atoms with E-state index in [0.29, 0.717) is 0 Å². The summed E-state index contributed by atoms with van der Waals surface area (Å²) in [5.41, 5.74) is 0. The van der Waals surface area contributed by atoms with Crippen LogP contribution in [0.5, 0.6) is 0 Å². The van der Waals surface area contributed by atoms with Crippen molar-refractivity contribution < 1.29 is 9.90 Å². The van der Waals surface area contributed by atoms with Crippen LogP contribution in [0.15, 0.2) is 0 Å². The highest BCUT2D eigenvalue weighted by molar-refractivity contribution is 5.74. The highest BCUT2D eigenvalue weighted by Gasteiger charge is 2.38. The average molecular weight is 170 g/mol. The van der Waals surface area contributed by atoms with Gasteiger partial charge in [-0.2, -0.15) is 0 Å². The van der Waals surface area contributed by atoms with E-state index in [1.165, 1.54) is 0 Å². The van der Waals surface area contributed by atoms with Gasteiger partial charge in [0, 0.05) is 19.1 Å². The zero-order valence-electron chi connectivity index (χ0n) is 6.99. The largest absolute Gasteiger partial charge is 0.480 e. The van der Waals surface area contributed by atoms with Crippen LogP contribution in [0.25, 0.3) is 0 Å². The van der Waals surface area contributed by atoms with Crippen molar-refractivity contribution in [2.45, 2.75) is 24.9 Å². The second-order valence-electron chi connectivity index (χ2n) is 3.52. The first-order chi connectivity index (χ1) is 5.79. The number of rotatable bonds is 1. The predicted molar refractivity (Wildman–Crippen MR) is 44.0 cm³/mol. The summed E-state index contributed by atoms with van der Waals surface area (Å²) in [7, 11) is 0. The summed E-state index contributed by atoms with van der Waals surface area (Å²) in [6.07, 6.45) is 2.18. The van der Waals surface area contributed by atoms with Gasteiger partial charge in [0.1, 0.15) is 6.04 Å². The van der Waals surface area contributed by atoms with Gasteiger partial charge in [-0.1, -0.05) is 0 Å². The molecule has 2 fully saturated rings. The minimum atomic E-state index is -0.702. The van der Waals surface area contributed by atoms with Gasteiger partial charge in [-0.05, 0) is 19.4 Å². The number of nitrogens with zero attached hydrogens (tertiary/aromatic N) is 1. The molecular formula is C8H14N2O2. The maximum absolute atomic E-state index is 10.8. The van der Waals surface area contributed by atoms with E-state index in [9.17, 15) is 4.79 Å². The highest BCUT2D eigenvalue weighted by atomic mass is 16.4. The van der Waals surface area contributed by atoms with Crippen LogP contribution in [0.4, 0.5) is 0 Å². The number of carboxylic acid groups (broad SMARTS) is 1. The number of aliphatic carboxylic acids is 1. The molecule has 12 heavy (non-hydrogen) atoms. The van der Waals surface area contributed by atoms with Crippen molar-refractivity contribution in [2.75, 3.05) is 19.6 Å². The molecule has 2 saturated heterocycles. The topological polar surface area (TPSA) is 52.6 Å². The van der Waals surface area contributed by atoms with Crippen LogP contribution < -0.4 is 5.32 Å². The third kappa shape index (κ3) is 1.21. The maximum atomic E-state index is 10.8. The van der Waals surface area contributed by atoms with Crippen LogP contribution in [0.2, 0.25) is 0 Å². The Hall–Kier alpha value is -0.610. The van der Waals surface area contributed by atoms with E-state index in [-0.39, 0.29) is 12.1 Å². The Bertz CT molecular complexity index is 195. The van der Waals surface area contributed by atoms with Crippen LogP contribution in [-0.4, -0.2) is 47.7 Å². The second kappa shape index (κ2) is 3.03. The van der Waals surface area contributed by atoms with Crippen LogP contribution in [0.1, 0.15) is 12.8 Å². The fourth-order valence-electron chi connectivity index (χ4n) is 2.26. The molecule has 2 heterocycles. The molecule has 2 N–H and O–H groups in total. The normalized spacial score (nSPS) is 36.3. The van der Waals surface area contributed by atoms with Crippen molar-refractivity contribution in [1.82, 2.24) is 10.2 Å². The van der Waals surface area contributed by atoms with E-state index in [4.69, 9.17) is 5.11 Å². The van der Waals surface area contributed by atoms with Gasteiger partial charge in [-0.3, -0.25) is 9.69 Å². The molecule has 0 spiro atoms. The van der Waals surface area contributed by atoms with Gasteiger partial charge in [0.25, 0.3) is 0 Å². The third-order valence-corrected chi connectivity index (χ3v) is 2.83. The van der Waals surface area contributed by atoms with Crippen molar-refractivity contribution >= 4 is 5.97 Å². The second-order valence-corrected chi connectivity index (χ2v) is 3.52. The van der Waals surface area contributed by atoms with Gasteiger partial charge in [-0.15, -0.1) is 0 Å². The quantitative estimate of drug-likeness (QED) is 0.557. The molecule has 0 amide bonds. The number of carbonyl (C=O) groups is 1. The van der Waals surface area contributed by atoms with Crippen molar-refractivity contribution in [1.29, 1.82) is 0 Å². The minimum Gasteiger partial charge on any atom is -0.480 e. The van der Waals surface area contributed by atoms with E-state index < -0.39 is 5.97 Å². The Balaban J connectivity index is 2.08. The summed E-state index contributed by atoms with van der Waals surface area (Å²) >= 11 is 0. The summed E-state index contributed by atoms with van der Waals surface area (Å²) in [5, 5.41) is 11.9. The summed E-state index contributed by atoms with van der Waals surface area (Å²) < 4.78 is 0. The van der Waals surface area contributed by atoms with Gasteiger partial charge in [0.05, 0.1) is 0 Å². The maximum Gasteiger partial charge on any atom is 0.322 e. The molecule has 2 atom stereocenters. The van der Waals surface area contributed by atoms with E-state index in [0.717, 1.165) is 32.5 Å². The lowest BCUT2D eigenvalue weighted by Crippen LogP contribution is -2.58. The fraction of sp³-hybridized carbons (Fsp3) is 0.875. The van der Waals surface area contributed by atoms with Gasteiger partial charge in [0.15, 0.2) is 0 Å². The Labute approximate surface area is 71.5 Å². The summed E-state index contributed by atoms with van der Waals surface area (Å²) in [6.45, 7) is 2.90. The smallest absolute Gasteiger partial charge is 0.322 e. The molecule has 0 aromatic heterocycles. The average Bonchev–Trinajstić information content (AvgIpc) is 2.49. The molecule has 2 aliphatic rings.